The number of amides is 1. The lowest BCUT2D eigenvalue weighted by atomic mass is 10.3. The quantitative estimate of drug-likeness (QED) is 0.473. The molecule has 0 N–H and O–H groups in total. The van der Waals surface area contributed by atoms with Crippen molar-refractivity contribution in [2.24, 2.45) is 0 Å². The van der Waals surface area contributed by atoms with Crippen LogP contribution < -0.4 is 0 Å². The molecule has 0 radical (unpaired) electrons. The lowest BCUT2D eigenvalue weighted by Gasteiger charge is -2.40. The first-order valence-electron chi connectivity index (χ1n) is 4.49. The number of carbonyl (C=O) groups excluding carboxylic acids is 1. The number of hydrogen-bond acceptors (Lipinski definition) is 1. The van der Waals surface area contributed by atoms with Crippen molar-refractivity contribution in [3.05, 3.63) is 12.7 Å². The van der Waals surface area contributed by atoms with E-state index in [0.717, 1.165) is 19.4 Å². The van der Waals surface area contributed by atoms with Gasteiger partial charge in [0.05, 0.1) is 0 Å². The monoisotopic (exact) mass is 183 g/mol. The third kappa shape index (κ3) is 1.77. The summed E-state index contributed by atoms with van der Waals surface area (Å²) in [5.41, 5.74) is 0. The van der Waals surface area contributed by atoms with E-state index in [1.54, 1.807) is 0 Å². The summed E-state index contributed by atoms with van der Waals surface area (Å²) < 4.78 is 2.06. The first-order chi connectivity index (χ1) is 5.58. The maximum atomic E-state index is 11.5. The Labute approximate surface area is 75.3 Å². The van der Waals surface area contributed by atoms with Gasteiger partial charge in [-0.15, -0.1) is 6.58 Å². The van der Waals surface area contributed by atoms with E-state index in [1.165, 1.54) is 6.04 Å². The van der Waals surface area contributed by atoms with Crippen molar-refractivity contribution in [1.29, 1.82) is 0 Å². The fourth-order valence-electron chi connectivity index (χ4n) is 1.76. The number of carbonyl (C=O) groups is 1. The molecule has 68 valence electrons. The highest BCUT2D eigenvalue weighted by atomic mass is 28.3. The van der Waals surface area contributed by atoms with Crippen LogP contribution in [0.2, 0.25) is 19.1 Å². The van der Waals surface area contributed by atoms with E-state index in [2.05, 4.69) is 24.2 Å². The van der Waals surface area contributed by atoms with Gasteiger partial charge in [-0.3, -0.25) is 4.79 Å². The number of rotatable bonds is 2. The molecule has 2 nitrogen and oxygen atoms in total. The zero-order chi connectivity index (χ0) is 9.19. The van der Waals surface area contributed by atoms with Crippen LogP contribution in [0.15, 0.2) is 12.7 Å². The van der Waals surface area contributed by atoms with E-state index in [-0.39, 0.29) is 0 Å². The predicted octanol–water partition coefficient (Wildman–Crippen LogP) is 2.00. The molecule has 0 saturated carbocycles. The second kappa shape index (κ2) is 3.43. The Balaban J connectivity index is 2.73. The second-order valence-electron chi connectivity index (χ2n) is 3.96. The van der Waals surface area contributed by atoms with Gasteiger partial charge in [-0.1, -0.05) is 19.2 Å². The fourth-order valence-corrected chi connectivity index (χ4v) is 4.48. The third-order valence-corrected chi connectivity index (χ3v) is 5.99. The lowest BCUT2D eigenvalue weighted by Crippen LogP contribution is -2.54. The molecule has 1 amide bonds. The van der Waals surface area contributed by atoms with Gasteiger partial charge >= 0.3 is 0 Å². The van der Waals surface area contributed by atoms with E-state index in [4.69, 9.17) is 0 Å². The van der Waals surface area contributed by atoms with Crippen LogP contribution in [0.3, 0.4) is 0 Å². The Hall–Kier alpha value is -0.573. The second-order valence-corrected chi connectivity index (χ2v) is 8.62. The van der Waals surface area contributed by atoms with E-state index in [0.29, 0.717) is 5.91 Å². The minimum atomic E-state index is -1.39. The van der Waals surface area contributed by atoms with Crippen molar-refractivity contribution >= 4 is 14.1 Å². The van der Waals surface area contributed by atoms with E-state index in [1.807, 2.05) is 6.08 Å². The summed E-state index contributed by atoms with van der Waals surface area (Å²) in [7, 11) is -1.39. The Morgan fingerprint density at radius 2 is 2.33 bits per heavy atom. The van der Waals surface area contributed by atoms with Gasteiger partial charge in [0.1, 0.15) is 0 Å². The van der Waals surface area contributed by atoms with Crippen LogP contribution in [-0.2, 0) is 4.79 Å². The summed E-state index contributed by atoms with van der Waals surface area (Å²) in [5.74, 6) is 0.331. The maximum absolute atomic E-state index is 11.5. The zero-order valence-corrected chi connectivity index (χ0v) is 8.97. The van der Waals surface area contributed by atoms with E-state index >= 15 is 0 Å². The van der Waals surface area contributed by atoms with Crippen molar-refractivity contribution in [2.45, 2.75) is 32.0 Å². The summed E-state index contributed by atoms with van der Waals surface area (Å²) in [6.07, 6.45) is 3.66. The molecule has 0 aliphatic carbocycles. The Bertz CT molecular complexity index is 201. The van der Waals surface area contributed by atoms with Gasteiger partial charge in [0, 0.05) is 13.0 Å². The van der Waals surface area contributed by atoms with Gasteiger partial charge < -0.3 is 4.57 Å². The molecular formula is C9H17NOSi. The summed E-state index contributed by atoms with van der Waals surface area (Å²) in [5, 5.41) is 0. The van der Waals surface area contributed by atoms with Gasteiger partial charge in [0.25, 0.3) is 0 Å². The fraction of sp³-hybridized carbons (Fsp3) is 0.667. The molecule has 1 aliphatic rings. The standard InChI is InChI=1S/C9H17NOSi/c1-4-7-10-9(11)6-5-8-12(10,2)3/h4H,1,5-8H2,2-3H3. The highest BCUT2D eigenvalue weighted by molar-refractivity contribution is 6.77. The average Bonchev–Trinajstić information content (AvgIpc) is 1.97. The molecule has 0 atom stereocenters. The maximum Gasteiger partial charge on any atom is 0.214 e. The highest BCUT2D eigenvalue weighted by Gasteiger charge is 2.35. The van der Waals surface area contributed by atoms with E-state index < -0.39 is 8.24 Å². The summed E-state index contributed by atoms with van der Waals surface area (Å²) >= 11 is 0. The molecule has 0 aromatic carbocycles. The van der Waals surface area contributed by atoms with Crippen LogP contribution >= 0.6 is 0 Å². The van der Waals surface area contributed by atoms with Crippen molar-refractivity contribution in [3.8, 4) is 0 Å². The largest absolute Gasteiger partial charge is 0.366 e. The van der Waals surface area contributed by atoms with Gasteiger partial charge in [-0.05, 0) is 12.5 Å². The summed E-state index contributed by atoms with van der Waals surface area (Å²) in [6, 6.07) is 1.24. The van der Waals surface area contributed by atoms with Gasteiger partial charge in [-0.25, -0.2) is 0 Å². The predicted molar refractivity (Wildman–Crippen MR) is 53.4 cm³/mol. The molecule has 1 aliphatic heterocycles. The molecule has 0 spiro atoms. The Morgan fingerprint density at radius 3 is 2.83 bits per heavy atom. The van der Waals surface area contributed by atoms with Gasteiger partial charge in [0.15, 0.2) is 8.24 Å². The molecular weight excluding hydrogens is 166 g/mol. The molecule has 1 rings (SSSR count). The summed E-state index contributed by atoms with van der Waals surface area (Å²) in [4.78, 5) is 11.5. The third-order valence-electron chi connectivity index (χ3n) is 2.52. The van der Waals surface area contributed by atoms with Crippen LogP contribution in [0.25, 0.3) is 0 Å². The molecule has 0 aromatic rings. The topological polar surface area (TPSA) is 20.3 Å². The van der Waals surface area contributed by atoms with E-state index in [9.17, 15) is 4.79 Å². The van der Waals surface area contributed by atoms with Gasteiger partial charge in [-0.2, -0.15) is 0 Å². The van der Waals surface area contributed by atoms with Crippen LogP contribution in [0, 0.1) is 0 Å². The van der Waals surface area contributed by atoms with Crippen LogP contribution in [0.4, 0.5) is 0 Å². The van der Waals surface area contributed by atoms with Crippen molar-refractivity contribution in [1.82, 2.24) is 4.57 Å². The van der Waals surface area contributed by atoms with Crippen molar-refractivity contribution < 1.29 is 4.79 Å². The van der Waals surface area contributed by atoms with Crippen LogP contribution in [0.1, 0.15) is 12.8 Å². The lowest BCUT2D eigenvalue weighted by molar-refractivity contribution is -0.127. The highest BCUT2D eigenvalue weighted by Crippen LogP contribution is 2.25. The van der Waals surface area contributed by atoms with Crippen molar-refractivity contribution in [2.75, 3.05) is 6.54 Å². The molecule has 12 heavy (non-hydrogen) atoms. The molecule has 0 aromatic heterocycles. The first-order valence-corrected chi connectivity index (χ1v) is 7.65. The minimum Gasteiger partial charge on any atom is -0.366 e. The molecule has 1 fully saturated rings. The molecule has 1 saturated heterocycles. The SMILES string of the molecule is C=CCN1C(=O)CCC[Si]1(C)C. The Kier molecular flexibility index (Phi) is 2.72. The van der Waals surface area contributed by atoms with Crippen LogP contribution in [-0.4, -0.2) is 25.3 Å². The van der Waals surface area contributed by atoms with Crippen molar-refractivity contribution in [3.63, 3.8) is 0 Å². The average molecular weight is 183 g/mol. The first kappa shape index (κ1) is 9.51. The number of hydrogen-bond donors (Lipinski definition) is 0. The smallest absolute Gasteiger partial charge is 0.214 e. The minimum absolute atomic E-state index is 0.331. The summed E-state index contributed by atoms with van der Waals surface area (Å²) in [6.45, 7) is 8.95. The number of nitrogens with zero attached hydrogens (tertiary/aromatic N) is 1. The normalized spacial score (nSPS) is 22.5. The molecule has 1 heterocycles. The zero-order valence-electron chi connectivity index (χ0n) is 7.97. The molecule has 3 heteroatoms. The van der Waals surface area contributed by atoms with Gasteiger partial charge in [0.2, 0.25) is 5.91 Å². The molecule has 0 unspecified atom stereocenters. The molecule has 0 bridgehead atoms. The Morgan fingerprint density at radius 1 is 1.67 bits per heavy atom. The van der Waals surface area contributed by atoms with Crippen LogP contribution in [0.5, 0.6) is 0 Å².